The molecule has 3 rings (SSSR count). The number of hydrogen-bond acceptors (Lipinski definition) is 4. The lowest BCUT2D eigenvalue weighted by Gasteiger charge is -2.13. The lowest BCUT2D eigenvalue weighted by molar-refractivity contribution is -0.113. The Morgan fingerprint density at radius 2 is 1.61 bits per heavy atom. The van der Waals surface area contributed by atoms with E-state index in [2.05, 4.69) is 10.6 Å². The molecule has 5 nitrogen and oxygen atoms in total. The molecule has 3 aromatic rings. The molecule has 0 aromatic heterocycles. The van der Waals surface area contributed by atoms with Crippen LogP contribution < -0.4 is 15.4 Å². The van der Waals surface area contributed by atoms with E-state index in [-0.39, 0.29) is 11.6 Å². The third-order valence-electron chi connectivity index (χ3n) is 4.40. The third kappa shape index (κ3) is 6.23. The van der Waals surface area contributed by atoms with Crippen molar-refractivity contribution in [1.29, 1.82) is 0 Å². The fourth-order valence-electron chi connectivity index (χ4n) is 2.86. The van der Waals surface area contributed by atoms with Gasteiger partial charge in [-0.05, 0) is 61.7 Å². The maximum atomic E-state index is 13.1. The number of carbonyl (C=O) groups excluding carboxylic acids is 2. The van der Waals surface area contributed by atoms with E-state index in [4.69, 9.17) is 4.74 Å². The molecular weight excluding hydrogens is 408 g/mol. The van der Waals surface area contributed by atoms with Gasteiger partial charge >= 0.3 is 0 Å². The number of anilines is 1. The molecule has 3 aromatic carbocycles. The summed E-state index contributed by atoms with van der Waals surface area (Å²) in [6.07, 6.45) is 3.61. The van der Waals surface area contributed by atoms with Gasteiger partial charge in [0, 0.05) is 21.7 Å². The van der Waals surface area contributed by atoms with Crippen molar-refractivity contribution >= 4 is 35.3 Å². The molecule has 0 spiro atoms. The highest BCUT2D eigenvalue weighted by molar-refractivity contribution is 7.98. The summed E-state index contributed by atoms with van der Waals surface area (Å²) < 4.78 is 5.66. The van der Waals surface area contributed by atoms with Gasteiger partial charge in [0.25, 0.3) is 11.8 Å². The molecule has 0 aliphatic heterocycles. The first-order valence-corrected chi connectivity index (χ1v) is 11.1. The second-order valence-electron chi connectivity index (χ2n) is 6.53. The maximum Gasteiger partial charge on any atom is 0.272 e. The number of amides is 2. The first kappa shape index (κ1) is 22.2. The van der Waals surface area contributed by atoms with Crippen molar-refractivity contribution in [3.63, 3.8) is 0 Å². The van der Waals surface area contributed by atoms with Gasteiger partial charge in [0.05, 0.1) is 6.61 Å². The van der Waals surface area contributed by atoms with Crippen molar-refractivity contribution in [3.8, 4) is 5.75 Å². The van der Waals surface area contributed by atoms with Crippen molar-refractivity contribution in [3.05, 3.63) is 95.7 Å². The van der Waals surface area contributed by atoms with Crippen LogP contribution in [0.2, 0.25) is 0 Å². The molecule has 6 heteroatoms. The summed E-state index contributed by atoms with van der Waals surface area (Å²) >= 11 is 1.62. The highest BCUT2D eigenvalue weighted by Gasteiger charge is 2.16. The minimum absolute atomic E-state index is 0.120. The summed E-state index contributed by atoms with van der Waals surface area (Å²) in [4.78, 5) is 26.9. The fraction of sp³-hybridized carbons (Fsp3) is 0.120. The molecule has 0 radical (unpaired) electrons. The Bertz CT molecular complexity index is 1060. The molecule has 0 saturated carbocycles. The van der Waals surface area contributed by atoms with Crippen molar-refractivity contribution in [2.24, 2.45) is 0 Å². The van der Waals surface area contributed by atoms with E-state index in [0.717, 1.165) is 4.90 Å². The SMILES string of the molecule is CCOc1ccccc1/C=C(\NC(=O)c1ccccc1)C(=O)Nc1ccc(SC)cc1. The number of benzene rings is 3. The van der Waals surface area contributed by atoms with Crippen LogP contribution in [0.4, 0.5) is 5.69 Å². The van der Waals surface area contributed by atoms with Crippen LogP contribution in [-0.2, 0) is 4.79 Å². The predicted octanol–water partition coefficient (Wildman–Crippen LogP) is 5.22. The van der Waals surface area contributed by atoms with Gasteiger partial charge in [-0.1, -0.05) is 36.4 Å². The number of hydrogen-bond donors (Lipinski definition) is 2. The van der Waals surface area contributed by atoms with Crippen LogP contribution in [0.25, 0.3) is 6.08 Å². The topological polar surface area (TPSA) is 67.4 Å². The third-order valence-corrected chi connectivity index (χ3v) is 5.14. The van der Waals surface area contributed by atoms with Crippen molar-refractivity contribution in [2.75, 3.05) is 18.2 Å². The van der Waals surface area contributed by atoms with E-state index in [1.807, 2.05) is 67.8 Å². The molecule has 2 amide bonds. The molecule has 0 aliphatic rings. The Morgan fingerprint density at radius 1 is 0.935 bits per heavy atom. The number of para-hydroxylation sites is 1. The fourth-order valence-corrected chi connectivity index (χ4v) is 3.27. The normalized spacial score (nSPS) is 11.0. The average molecular weight is 433 g/mol. The highest BCUT2D eigenvalue weighted by atomic mass is 32.2. The Kier molecular flexibility index (Phi) is 7.90. The molecule has 0 unspecified atom stereocenters. The Labute approximate surface area is 186 Å². The van der Waals surface area contributed by atoms with Crippen LogP contribution >= 0.6 is 11.8 Å². The number of nitrogens with one attached hydrogen (secondary N) is 2. The Hall–Kier alpha value is -3.51. The van der Waals surface area contributed by atoms with Crippen LogP contribution in [0, 0.1) is 0 Å². The Balaban J connectivity index is 1.91. The summed E-state index contributed by atoms with van der Waals surface area (Å²) in [7, 11) is 0. The second kappa shape index (κ2) is 11.0. The van der Waals surface area contributed by atoms with Gasteiger partial charge in [-0.25, -0.2) is 0 Å². The van der Waals surface area contributed by atoms with E-state index < -0.39 is 5.91 Å². The molecular formula is C25H24N2O3S. The minimum atomic E-state index is -0.424. The van der Waals surface area contributed by atoms with Gasteiger partial charge in [0.2, 0.25) is 0 Å². The summed E-state index contributed by atoms with van der Waals surface area (Å²) in [6, 6.07) is 23.6. The summed E-state index contributed by atoms with van der Waals surface area (Å²) in [5.74, 6) is -0.158. The van der Waals surface area contributed by atoms with Crippen molar-refractivity contribution in [1.82, 2.24) is 5.32 Å². The highest BCUT2D eigenvalue weighted by Crippen LogP contribution is 2.22. The van der Waals surface area contributed by atoms with Crippen molar-refractivity contribution < 1.29 is 14.3 Å². The molecule has 0 atom stereocenters. The smallest absolute Gasteiger partial charge is 0.272 e. The van der Waals surface area contributed by atoms with Gasteiger partial charge in [-0.2, -0.15) is 0 Å². The van der Waals surface area contributed by atoms with E-state index in [1.165, 1.54) is 0 Å². The van der Waals surface area contributed by atoms with Gasteiger partial charge in [0.1, 0.15) is 11.4 Å². The standard InChI is InChI=1S/C25H24N2O3S/c1-3-30-23-12-8-7-11-19(23)17-22(27-24(28)18-9-5-4-6-10-18)25(29)26-20-13-15-21(31-2)16-14-20/h4-17H,3H2,1-2H3,(H,26,29)(H,27,28)/b22-17-. The molecule has 0 fully saturated rings. The monoisotopic (exact) mass is 432 g/mol. The molecule has 2 N–H and O–H groups in total. The number of rotatable bonds is 8. The first-order chi connectivity index (χ1) is 15.1. The van der Waals surface area contributed by atoms with Crippen molar-refractivity contribution in [2.45, 2.75) is 11.8 Å². The van der Waals surface area contributed by atoms with Gasteiger partial charge < -0.3 is 15.4 Å². The van der Waals surface area contributed by atoms with Crippen LogP contribution in [0.1, 0.15) is 22.8 Å². The summed E-state index contributed by atoms with van der Waals surface area (Å²) in [5.41, 5.74) is 1.92. The average Bonchev–Trinajstić information content (AvgIpc) is 2.81. The molecule has 0 saturated heterocycles. The molecule has 158 valence electrons. The second-order valence-corrected chi connectivity index (χ2v) is 7.41. The number of carbonyl (C=O) groups is 2. The van der Waals surface area contributed by atoms with E-state index >= 15 is 0 Å². The van der Waals surface area contributed by atoms with Crippen LogP contribution in [-0.4, -0.2) is 24.7 Å². The van der Waals surface area contributed by atoms with Crippen LogP contribution in [0.5, 0.6) is 5.75 Å². The number of thioether (sulfide) groups is 1. The predicted molar refractivity (Wildman–Crippen MR) is 126 cm³/mol. The largest absolute Gasteiger partial charge is 0.493 e. The van der Waals surface area contributed by atoms with Crippen LogP contribution in [0.3, 0.4) is 0 Å². The zero-order valence-corrected chi connectivity index (χ0v) is 18.2. The lowest BCUT2D eigenvalue weighted by atomic mass is 10.1. The van der Waals surface area contributed by atoms with E-state index in [0.29, 0.717) is 29.2 Å². The molecule has 31 heavy (non-hydrogen) atoms. The zero-order chi connectivity index (χ0) is 22.1. The summed E-state index contributed by atoms with van der Waals surface area (Å²) in [6.45, 7) is 2.38. The van der Waals surface area contributed by atoms with E-state index in [9.17, 15) is 9.59 Å². The van der Waals surface area contributed by atoms with Gasteiger partial charge in [-0.15, -0.1) is 11.8 Å². The molecule has 0 heterocycles. The summed E-state index contributed by atoms with van der Waals surface area (Å²) in [5, 5.41) is 5.59. The first-order valence-electron chi connectivity index (χ1n) is 9.86. The zero-order valence-electron chi connectivity index (χ0n) is 17.4. The van der Waals surface area contributed by atoms with Gasteiger partial charge in [0.15, 0.2) is 0 Å². The maximum absolute atomic E-state index is 13.1. The minimum Gasteiger partial charge on any atom is -0.493 e. The quantitative estimate of drug-likeness (QED) is 0.378. The number of ether oxygens (including phenoxy) is 1. The lowest BCUT2D eigenvalue weighted by Crippen LogP contribution is -2.30. The molecule has 0 aliphatic carbocycles. The van der Waals surface area contributed by atoms with Gasteiger partial charge in [-0.3, -0.25) is 9.59 Å². The molecule has 0 bridgehead atoms. The van der Waals surface area contributed by atoms with Crippen LogP contribution in [0.15, 0.2) is 89.5 Å². The van der Waals surface area contributed by atoms with E-state index in [1.54, 1.807) is 42.1 Å². The Morgan fingerprint density at radius 3 is 2.29 bits per heavy atom.